The number of carbonyl (C=O) groups excluding carboxylic acids is 2. The number of hydrogen-bond donors (Lipinski definition) is 1. The molecule has 154 valence electrons. The molecule has 2 amide bonds. The molecule has 0 radical (unpaired) electrons. The molecule has 2 heterocycles. The monoisotopic (exact) mass is 397 g/mol. The molecule has 1 aliphatic rings. The Hall–Kier alpha value is -3.00. The number of anilines is 2. The summed E-state index contributed by atoms with van der Waals surface area (Å²) in [5, 5.41) is 2.84. The molecule has 1 saturated heterocycles. The summed E-state index contributed by atoms with van der Waals surface area (Å²) in [6.45, 7) is 4.61. The lowest BCUT2D eigenvalue weighted by Gasteiger charge is -2.34. The summed E-state index contributed by atoms with van der Waals surface area (Å²) in [7, 11) is 1.58. The predicted octanol–water partition coefficient (Wildman–Crippen LogP) is 1.73. The highest BCUT2D eigenvalue weighted by Crippen LogP contribution is 2.14. The Morgan fingerprint density at radius 1 is 1.10 bits per heavy atom. The van der Waals surface area contributed by atoms with Crippen molar-refractivity contribution < 1.29 is 14.3 Å². The van der Waals surface area contributed by atoms with Crippen molar-refractivity contribution in [3.63, 3.8) is 0 Å². The zero-order chi connectivity index (χ0) is 20.6. The number of hydrogen-bond acceptors (Lipinski definition) is 6. The van der Waals surface area contributed by atoms with Gasteiger partial charge in [0.05, 0.1) is 18.9 Å². The number of nitrogens with zero attached hydrogens (tertiary/aromatic N) is 4. The molecule has 1 atom stereocenters. The minimum Gasteiger partial charge on any atom is -0.381 e. The molecule has 1 unspecified atom stereocenters. The minimum atomic E-state index is -0.124. The molecule has 3 rings (SSSR count). The fraction of sp³-hybridized carbons (Fsp3) is 0.429. The summed E-state index contributed by atoms with van der Waals surface area (Å²) >= 11 is 0. The van der Waals surface area contributed by atoms with E-state index in [0.717, 1.165) is 18.7 Å². The second kappa shape index (κ2) is 9.97. The molecule has 1 N–H and O–H groups in total. The van der Waals surface area contributed by atoms with Crippen LogP contribution in [0.4, 0.5) is 11.6 Å². The largest absolute Gasteiger partial charge is 0.381 e. The average molecular weight is 397 g/mol. The van der Waals surface area contributed by atoms with Crippen molar-refractivity contribution >= 4 is 23.5 Å². The van der Waals surface area contributed by atoms with Crippen molar-refractivity contribution in [2.45, 2.75) is 25.9 Å². The maximum atomic E-state index is 12.6. The molecule has 0 saturated carbocycles. The normalized spacial score (nSPS) is 15.1. The maximum absolute atomic E-state index is 12.6. The van der Waals surface area contributed by atoms with Gasteiger partial charge in [-0.15, -0.1) is 0 Å². The fourth-order valence-electron chi connectivity index (χ4n) is 3.16. The van der Waals surface area contributed by atoms with Crippen LogP contribution in [0.3, 0.4) is 0 Å². The molecule has 0 aliphatic carbocycles. The Kier molecular flexibility index (Phi) is 7.13. The van der Waals surface area contributed by atoms with Gasteiger partial charge in [0.15, 0.2) is 0 Å². The van der Waals surface area contributed by atoms with Crippen molar-refractivity contribution in [2.24, 2.45) is 0 Å². The van der Waals surface area contributed by atoms with E-state index in [9.17, 15) is 9.59 Å². The van der Waals surface area contributed by atoms with Crippen LogP contribution in [-0.2, 0) is 20.7 Å². The van der Waals surface area contributed by atoms with Crippen LogP contribution in [0.5, 0.6) is 0 Å². The van der Waals surface area contributed by atoms with Gasteiger partial charge in [-0.05, 0) is 30.7 Å². The first-order valence-electron chi connectivity index (χ1n) is 9.76. The Bertz CT molecular complexity index is 805. The molecule has 8 heteroatoms. The topological polar surface area (TPSA) is 87.7 Å². The lowest BCUT2D eigenvalue weighted by Crippen LogP contribution is -2.49. The van der Waals surface area contributed by atoms with E-state index in [4.69, 9.17) is 4.74 Å². The number of aromatic nitrogens is 2. The molecule has 0 spiro atoms. The van der Waals surface area contributed by atoms with E-state index in [1.807, 2.05) is 36.1 Å². The van der Waals surface area contributed by atoms with Gasteiger partial charge in [-0.1, -0.05) is 12.1 Å². The smallest absolute Gasteiger partial charge is 0.227 e. The Morgan fingerprint density at radius 2 is 1.76 bits per heavy atom. The lowest BCUT2D eigenvalue weighted by molar-refractivity contribution is -0.130. The number of ether oxygens (including phenoxy) is 1. The van der Waals surface area contributed by atoms with E-state index >= 15 is 0 Å². The SMILES string of the molecule is COC(C)CC(=O)Nc1ccc(CC(=O)N2CCN(c3ncccn3)CC2)cc1. The van der Waals surface area contributed by atoms with Crippen LogP contribution >= 0.6 is 0 Å². The second-order valence-corrected chi connectivity index (χ2v) is 7.09. The standard InChI is InChI=1S/C21H27N5O3/c1-16(29-2)14-19(27)24-18-6-4-17(5-7-18)15-20(28)25-10-12-26(13-11-25)21-22-8-3-9-23-21/h3-9,16H,10-15H2,1-2H3,(H,24,27). The lowest BCUT2D eigenvalue weighted by atomic mass is 10.1. The second-order valence-electron chi connectivity index (χ2n) is 7.09. The molecular weight excluding hydrogens is 370 g/mol. The van der Waals surface area contributed by atoms with Crippen molar-refractivity contribution in [1.29, 1.82) is 0 Å². The van der Waals surface area contributed by atoms with Gasteiger partial charge in [-0.2, -0.15) is 0 Å². The maximum Gasteiger partial charge on any atom is 0.227 e. The first-order valence-corrected chi connectivity index (χ1v) is 9.76. The van der Waals surface area contributed by atoms with Crippen molar-refractivity contribution in [2.75, 3.05) is 43.5 Å². The highest BCUT2D eigenvalue weighted by atomic mass is 16.5. The van der Waals surface area contributed by atoms with E-state index < -0.39 is 0 Å². The highest BCUT2D eigenvalue weighted by Gasteiger charge is 2.22. The average Bonchev–Trinajstić information content (AvgIpc) is 2.75. The summed E-state index contributed by atoms with van der Waals surface area (Å²) in [6, 6.07) is 9.19. The van der Waals surface area contributed by atoms with Crippen LogP contribution < -0.4 is 10.2 Å². The predicted molar refractivity (Wildman–Crippen MR) is 111 cm³/mol. The van der Waals surface area contributed by atoms with Crippen molar-refractivity contribution in [1.82, 2.24) is 14.9 Å². The first-order chi connectivity index (χ1) is 14.0. The number of amides is 2. The fourth-order valence-corrected chi connectivity index (χ4v) is 3.16. The molecule has 1 aliphatic heterocycles. The minimum absolute atomic E-state index is 0.0940. The Balaban J connectivity index is 1.47. The van der Waals surface area contributed by atoms with E-state index in [0.29, 0.717) is 37.6 Å². The quantitative estimate of drug-likeness (QED) is 0.766. The molecule has 2 aromatic rings. The molecule has 1 aromatic carbocycles. The van der Waals surface area contributed by atoms with Gasteiger partial charge in [0.1, 0.15) is 0 Å². The molecular formula is C21H27N5O3. The Labute approximate surface area is 170 Å². The van der Waals surface area contributed by atoms with Crippen LogP contribution in [0.2, 0.25) is 0 Å². The van der Waals surface area contributed by atoms with Gasteiger partial charge in [-0.25, -0.2) is 9.97 Å². The van der Waals surface area contributed by atoms with Gasteiger partial charge in [0, 0.05) is 51.4 Å². The molecule has 8 nitrogen and oxygen atoms in total. The van der Waals surface area contributed by atoms with Crippen LogP contribution in [-0.4, -0.2) is 66.1 Å². The summed E-state index contributed by atoms with van der Waals surface area (Å²) in [6.07, 6.45) is 3.97. The van der Waals surface area contributed by atoms with Gasteiger partial charge < -0.3 is 19.9 Å². The molecule has 0 bridgehead atoms. The zero-order valence-electron chi connectivity index (χ0n) is 16.9. The first kappa shape index (κ1) is 20.7. The third kappa shape index (κ3) is 5.99. The van der Waals surface area contributed by atoms with Crippen LogP contribution in [0.15, 0.2) is 42.7 Å². The van der Waals surface area contributed by atoms with E-state index in [1.165, 1.54) is 0 Å². The molecule has 1 aromatic heterocycles. The van der Waals surface area contributed by atoms with Crippen LogP contribution in [0.1, 0.15) is 18.9 Å². The van der Waals surface area contributed by atoms with Gasteiger partial charge >= 0.3 is 0 Å². The van der Waals surface area contributed by atoms with E-state index in [2.05, 4.69) is 20.2 Å². The number of benzene rings is 1. The third-order valence-electron chi connectivity index (χ3n) is 4.94. The third-order valence-corrected chi connectivity index (χ3v) is 4.94. The van der Waals surface area contributed by atoms with E-state index in [-0.39, 0.29) is 17.9 Å². The van der Waals surface area contributed by atoms with Crippen molar-refractivity contribution in [3.05, 3.63) is 48.3 Å². The summed E-state index contributed by atoms with van der Waals surface area (Å²) in [4.78, 5) is 37.0. The summed E-state index contributed by atoms with van der Waals surface area (Å²) in [5.41, 5.74) is 1.64. The highest BCUT2D eigenvalue weighted by molar-refractivity contribution is 5.91. The van der Waals surface area contributed by atoms with E-state index in [1.54, 1.807) is 25.6 Å². The van der Waals surface area contributed by atoms with Gasteiger partial charge in [0.2, 0.25) is 17.8 Å². The van der Waals surface area contributed by atoms with Crippen LogP contribution in [0, 0.1) is 0 Å². The van der Waals surface area contributed by atoms with Crippen molar-refractivity contribution in [3.8, 4) is 0 Å². The Morgan fingerprint density at radius 3 is 2.38 bits per heavy atom. The number of rotatable bonds is 7. The number of nitrogens with one attached hydrogen (secondary N) is 1. The number of methoxy groups -OCH3 is 1. The molecule has 1 fully saturated rings. The summed E-state index contributed by atoms with van der Waals surface area (Å²) in [5.74, 6) is 0.713. The molecule has 29 heavy (non-hydrogen) atoms. The number of carbonyl (C=O) groups is 2. The summed E-state index contributed by atoms with van der Waals surface area (Å²) < 4.78 is 5.10. The zero-order valence-corrected chi connectivity index (χ0v) is 16.9. The van der Waals surface area contributed by atoms with Gasteiger partial charge in [0.25, 0.3) is 0 Å². The van der Waals surface area contributed by atoms with Crippen LogP contribution in [0.25, 0.3) is 0 Å². The van der Waals surface area contributed by atoms with Gasteiger partial charge in [-0.3, -0.25) is 9.59 Å². The number of piperazine rings is 1.